The van der Waals surface area contributed by atoms with E-state index < -0.39 is 0 Å². The maximum absolute atomic E-state index is 12.7. The Morgan fingerprint density at radius 1 is 1.29 bits per heavy atom. The maximum atomic E-state index is 12.7. The second-order valence-corrected chi connectivity index (χ2v) is 7.75. The van der Waals surface area contributed by atoms with Crippen molar-refractivity contribution in [3.8, 4) is 0 Å². The summed E-state index contributed by atoms with van der Waals surface area (Å²) in [7, 11) is 0. The van der Waals surface area contributed by atoms with Gasteiger partial charge in [0.05, 0.1) is 11.9 Å². The van der Waals surface area contributed by atoms with Crippen molar-refractivity contribution in [2.75, 3.05) is 0 Å². The molecule has 2 bridgehead atoms. The summed E-state index contributed by atoms with van der Waals surface area (Å²) in [6.07, 6.45) is 5.34. The van der Waals surface area contributed by atoms with Crippen molar-refractivity contribution >= 4 is 46.1 Å². The lowest BCUT2D eigenvalue weighted by atomic mass is 10.0. The number of rotatable bonds is 3. The highest BCUT2D eigenvalue weighted by molar-refractivity contribution is 7.19. The van der Waals surface area contributed by atoms with Crippen LogP contribution in [0.25, 0.3) is 10.1 Å². The summed E-state index contributed by atoms with van der Waals surface area (Å²) in [5, 5.41) is 8.53. The Kier molecular flexibility index (Phi) is 4.83. The molecule has 0 saturated carbocycles. The molecule has 0 aliphatic carbocycles. The second kappa shape index (κ2) is 6.73. The SMILES string of the molecule is Cc1sc2ccccc2c1C(=O)OC1CC2CCC(C1)N2C=N.Cl. The van der Waals surface area contributed by atoms with E-state index in [1.165, 1.54) is 6.34 Å². The van der Waals surface area contributed by atoms with Gasteiger partial charge < -0.3 is 9.64 Å². The predicted molar refractivity (Wildman–Crippen MR) is 99.7 cm³/mol. The van der Waals surface area contributed by atoms with Crippen LogP contribution in [0.3, 0.4) is 0 Å². The number of carbonyl (C=O) groups excluding carboxylic acids is 1. The zero-order valence-electron chi connectivity index (χ0n) is 13.5. The van der Waals surface area contributed by atoms with Crippen molar-refractivity contribution in [1.29, 1.82) is 5.41 Å². The normalized spacial score (nSPS) is 25.4. The Bertz CT molecular complexity index is 761. The number of nitrogens with zero attached hydrogens (tertiary/aromatic N) is 1. The number of hydrogen-bond donors (Lipinski definition) is 1. The summed E-state index contributed by atoms with van der Waals surface area (Å²) in [6, 6.07) is 8.74. The Labute approximate surface area is 151 Å². The number of hydrogen-bond acceptors (Lipinski definition) is 4. The number of nitrogens with one attached hydrogen (secondary N) is 1. The fraction of sp³-hybridized carbons (Fsp3) is 0.444. The van der Waals surface area contributed by atoms with Crippen molar-refractivity contribution in [1.82, 2.24) is 4.90 Å². The lowest BCUT2D eigenvalue weighted by molar-refractivity contribution is 0.00727. The molecule has 4 nitrogen and oxygen atoms in total. The summed E-state index contributed by atoms with van der Waals surface area (Å²) in [5.41, 5.74) is 0.729. The minimum atomic E-state index is -0.187. The van der Waals surface area contributed by atoms with Crippen LogP contribution in [0.1, 0.15) is 40.9 Å². The fourth-order valence-corrected chi connectivity index (χ4v) is 5.15. The van der Waals surface area contributed by atoms with Gasteiger partial charge in [0, 0.05) is 39.9 Å². The van der Waals surface area contributed by atoms with Crippen LogP contribution in [0.2, 0.25) is 0 Å². The molecule has 1 N–H and O–H groups in total. The lowest BCUT2D eigenvalue weighted by Gasteiger charge is -2.37. The van der Waals surface area contributed by atoms with E-state index in [9.17, 15) is 4.79 Å². The monoisotopic (exact) mass is 364 g/mol. The van der Waals surface area contributed by atoms with Gasteiger partial charge >= 0.3 is 5.97 Å². The van der Waals surface area contributed by atoms with Gasteiger partial charge in [-0.2, -0.15) is 0 Å². The van der Waals surface area contributed by atoms with Gasteiger partial charge in [-0.15, -0.1) is 23.7 Å². The first-order valence-corrected chi connectivity index (χ1v) is 8.96. The molecule has 4 rings (SSSR count). The smallest absolute Gasteiger partial charge is 0.340 e. The topological polar surface area (TPSA) is 53.4 Å². The summed E-state index contributed by atoms with van der Waals surface area (Å²) in [4.78, 5) is 15.9. The average molecular weight is 365 g/mol. The van der Waals surface area contributed by atoms with Gasteiger partial charge in [0.25, 0.3) is 0 Å². The van der Waals surface area contributed by atoms with Crippen LogP contribution in [0.15, 0.2) is 24.3 Å². The summed E-state index contributed by atoms with van der Waals surface area (Å²) < 4.78 is 7.00. The molecule has 1 aromatic carbocycles. The zero-order valence-corrected chi connectivity index (χ0v) is 15.2. The summed E-state index contributed by atoms with van der Waals surface area (Å²) >= 11 is 1.65. The highest BCUT2D eigenvalue weighted by Gasteiger charge is 2.41. The van der Waals surface area contributed by atoms with Crippen LogP contribution in [0.5, 0.6) is 0 Å². The van der Waals surface area contributed by atoms with Crippen LogP contribution in [0.4, 0.5) is 0 Å². The van der Waals surface area contributed by atoms with Gasteiger partial charge in [-0.1, -0.05) is 18.2 Å². The molecule has 24 heavy (non-hydrogen) atoms. The number of benzene rings is 1. The molecule has 2 saturated heterocycles. The number of ether oxygens (including phenoxy) is 1. The zero-order chi connectivity index (χ0) is 16.0. The van der Waals surface area contributed by atoms with E-state index >= 15 is 0 Å². The van der Waals surface area contributed by atoms with Crippen LogP contribution < -0.4 is 0 Å². The lowest BCUT2D eigenvalue weighted by Crippen LogP contribution is -2.44. The van der Waals surface area contributed by atoms with Crippen molar-refractivity contribution in [2.45, 2.75) is 50.8 Å². The number of thiophene rings is 1. The number of esters is 1. The van der Waals surface area contributed by atoms with Crippen molar-refractivity contribution in [2.24, 2.45) is 0 Å². The van der Waals surface area contributed by atoms with E-state index in [-0.39, 0.29) is 24.5 Å². The number of halogens is 1. The molecule has 2 aromatic rings. The molecule has 6 heteroatoms. The van der Waals surface area contributed by atoms with Gasteiger partial charge in [0.2, 0.25) is 0 Å². The highest BCUT2D eigenvalue weighted by atomic mass is 35.5. The molecule has 0 amide bonds. The first kappa shape index (κ1) is 17.2. The maximum Gasteiger partial charge on any atom is 0.340 e. The minimum absolute atomic E-state index is 0. The third kappa shape index (κ3) is 2.80. The van der Waals surface area contributed by atoms with Crippen LogP contribution >= 0.6 is 23.7 Å². The van der Waals surface area contributed by atoms with E-state index in [0.717, 1.165) is 46.2 Å². The van der Waals surface area contributed by atoms with Crippen molar-refractivity contribution < 1.29 is 9.53 Å². The van der Waals surface area contributed by atoms with Crippen LogP contribution in [0, 0.1) is 12.3 Å². The first-order chi connectivity index (χ1) is 11.2. The third-order valence-corrected chi connectivity index (χ3v) is 6.23. The highest BCUT2D eigenvalue weighted by Crippen LogP contribution is 2.37. The second-order valence-electron chi connectivity index (χ2n) is 6.49. The largest absolute Gasteiger partial charge is 0.459 e. The molecule has 3 heterocycles. The Morgan fingerprint density at radius 2 is 1.96 bits per heavy atom. The molecular weight excluding hydrogens is 344 g/mol. The van der Waals surface area contributed by atoms with Gasteiger partial charge in [-0.05, 0) is 25.8 Å². The molecule has 0 radical (unpaired) electrons. The summed E-state index contributed by atoms with van der Waals surface area (Å²) in [6.45, 7) is 1.99. The fourth-order valence-electron chi connectivity index (χ4n) is 4.10. The quantitative estimate of drug-likeness (QED) is 0.499. The number of piperidine rings is 1. The molecular formula is C18H21ClN2O2S. The average Bonchev–Trinajstić information content (AvgIpc) is 3.00. The Balaban J connectivity index is 0.00000169. The van der Waals surface area contributed by atoms with Gasteiger partial charge in [0.15, 0.2) is 0 Å². The summed E-state index contributed by atoms with van der Waals surface area (Å²) in [5.74, 6) is -0.187. The van der Waals surface area contributed by atoms with Crippen LogP contribution in [-0.2, 0) is 4.74 Å². The molecule has 2 aliphatic rings. The molecule has 2 atom stereocenters. The first-order valence-electron chi connectivity index (χ1n) is 8.14. The Hall–Kier alpha value is -1.59. The van der Waals surface area contributed by atoms with E-state index in [2.05, 4.69) is 4.90 Å². The molecule has 1 aromatic heterocycles. The van der Waals surface area contributed by atoms with E-state index in [0.29, 0.717) is 12.1 Å². The van der Waals surface area contributed by atoms with Crippen molar-refractivity contribution in [3.63, 3.8) is 0 Å². The van der Waals surface area contributed by atoms with Gasteiger partial charge in [-0.3, -0.25) is 5.41 Å². The van der Waals surface area contributed by atoms with Gasteiger partial charge in [0.1, 0.15) is 6.10 Å². The Morgan fingerprint density at radius 3 is 2.62 bits per heavy atom. The number of carbonyl (C=O) groups is 1. The molecule has 0 spiro atoms. The number of fused-ring (bicyclic) bond motifs is 3. The minimum Gasteiger partial charge on any atom is -0.459 e. The van der Waals surface area contributed by atoms with E-state index in [4.69, 9.17) is 10.1 Å². The van der Waals surface area contributed by atoms with Crippen LogP contribution in [-0.4, -0.2) is 35.4 Å². The standard InChI is InChI=1S/C18H20N2O2S.ClH/c1-11-17(15-4-2-3-5-16(15)23-11)18(21)22-14-8-12-6-7-13(9-14)20(12)10-19;/h2-5,10,12-14,19H,6-9H2,1H3;1H. The molecule has 128 valence electrons. The van der Waals surface area contributed by atoms with E-state index in [1.807, 2.05) is 31.2 Å². The van der Waals surface area contributed by atoms with E-state index in [1.54, 1.807) is 11.3 Å². The molecule has 2 fully saturated rings. The predicted octanol–water partition coefficient (Wildman–Crippen LogP) is 4.39. The third-order valence-electron chi connectivity index (χ3n) is 5.14. The number of aryl methyl sites for hydroxylation is 1. The van der Waals surface area contributed by atoms with Gasteiger partial charge in [-0.25, -0.2) is 4.79 Å². The van der Waals surface area contributed by atoms with Crippen molar-refractivity contribution in [3.05, 3.63) is 34.7 Å². The molecule has 2 aliphatic heterocycles. The molecule has 2 unspecified atom stereocenters.